The molecule has 23 heavy (non-hydrogen) atoms. The number of hydrogen-bond donors (Lipinski definition) is 0. The quantitative estimate of drug-likeness (QED) is 0.277. The molecule has 2 aliphatic heterocycles. The van der Waals surface area contributed by atoms with Gasteiger partial charge in [-0.15, -0.1) is 0 Å². The number of carbonyl (C=O) groups is 1. The van der Waals surface area contributed by atoms with Crippen LogP contribution in [0.15, 0.2) is 36.5 Å². The summed E-state index contributed by atoms with van der Waals surface area (Å²) in [5.74, 6) is -0.0911. The summed E-state index contributed by atoms with van der Waals surface area (Å²) in [5, 5.41) is 0. The highest BCUT2D eigenvalue weighted by Gasteiger charge is 2.35. The fourth-order valence-electron chi connectivity index (χ4n) is 2.72. The lowest BCUT2D eigenvalue weighted by Gasteiger charge is -2.11. The molecule has 0 radical (unpaired) electrons. The molecule has 0 aromatic rings. The zero-order valence-corrected chi connectivity index (χ0v) is 14.3. The van der Waals surface area contributed by atoms with Crippen molar-refractivity contribution in [3.05, 3.63) is 36.5 Å². The highest BCUT2D eigenvalue weighted by atomic mass is 16.6. The van der Waals surface area contributed by atoms with Crippen molar-refractivity contribution in [1.29, 1.82) is 0 Å². The Morgan fingerprint density at radius 1 is 1.22 bits per heavy atom. The average Bonchev–Trinajstić information content (AvgIpc) is 3.27. The van der Waals surface area contributed by atoms with Crippen LogP contribution < -0.4 is 0 Å². The van der Waals surface area contributed by atoms with E-state index in [0.717, 1.165) is 25.7 Å². The SMILES string of the molecule is CCCCC/C=C\C[C@@H]1O[C@@H]1C=C[C@H]1C/C=C\CCCC(=O)O1. The zero-order chi connectivity index (χ0) is 16.3. The van der Waals surface area contributed by atoms with Gasteiger partial charge in [-0.3, -0.25) is 4.79 Å². The lowest BCUT2D eigenvalue weighted by molar-refractivity contribution is -0.146. The van der Waals surface area contributed by atoms with Crippen molar-refractivity contribution in [1.82, 2.24) is 0 Å². The van der Waals surface area contributed by atoms with Crippen LogP contribution in [0.2, 0.25) is 0 Å². The Morgan fingerprint density at radius 2 is 2.13 bits per heavy atom. The number of epoxide rings is 1. The largest absolute Gasteiger partial charge is 0.458 e. The van der Waals surface area contributed by atoms with Gasteiger partial charge >= 0.3 is 5.97 Å². The number of ether oxygens (including phenoxy) is 2. The lowest BCUT2D eigenvalue weighted by atomic mass is 10.1. The van der Waals surface area contributed by atoms with Crippen molar-refractivity contribution in [3.63, 3.8) is 0 Å². The summed E-state index contributed by atoms with van der Waals surface area (Å²) < 4.78 is 11.1. The Balaban J connectivity index is 1.66. The van der Waals surface area contributed by atoms with Gasteiger partial charge in [0.25, 0.3) is 0 Å². The maximum Gasteiger partial charge on any atom is 0.306 e. The number of allylic oxidation sites excluding steroid dienone is 2. The highest BCUT2D eigenvalue weighted by Crippen LogP contribution is 2.27. The van der Waals surface area contributed by atoms with Crippen LogP contribution in [0.3, 0.4) is 0 Å². The summed E-state index contributed by atoms with van der Waals surface area (Å²) in [6.45, 7) is 2.23. The molecule has 0 saturated carbocycles. The smallest absolute Gasteiger partial charge is 0.306 e. The summed E-state index contributed by atoms with van der Waals surface area (Å²) in [4.78, 5) is 11.6. The normalized spacial score (nSPS) is 30.0. The predicted molar refractivity (Wildman–Crippen MR) is 93.2 cm³/mol. The molecule has 2 aliphatic rings. The first-order valence-corrected chi connectivity index (χ1v) is 9.13. The van der Waals surface area contributed by atoms with Gasteiger partial charge in [0, 0.05) is 12.8 Å². The molecule has 0 aliphatic carbocycles. The topological polar surface area (TPSA) is 38.8 Å². The summed E-state index contributed by atoms with van der Waals surface area (Å²) in [7, 11) is 0. The van der Waals surface area contributed by atoms with Crippen LogP contribution in [0, 0.1) is 0 Å². The minimum absolute atomic E-state index is 0.0911. The molecular weight excluding hydrogens is 288 g/mol. The first-order valence-electron chi connectivity index (χ1n) is 9.13. The monoisotopic (exact) mass is 318 g/mol. The van der Waals surface area contributed by atoms with Gasteiger partial charge in [0.2, 0.25) is 0 Å². The molecule has 0 spiro atoms. The first kappa shape index (κ1) is 18.0. The van der Waals surface area contributed by atoms with Gasteiger partial charge in [0.1, 0.15) is 12.2 Å². The minimum Gasteiger partial charge on any atom is -0.458 e. The second kappa shape index (κ2) is 10.4. The van der Waals surface area contributed by atoms with Gasteiger partial charge in [-0.25, -0.2) is 0 Å². The van der Waals surface area contributed by atoms with E-state index in [0.29, 0.717) is 12.5 Å². The summed E-state index contributed by atoms with van der Waals surface area (Å²) >= 11 is 0. The molecule has 1 saturated heterocycles. The molecule has 3 nitrogen and oxygen atoms in total. The Morgan fingerprint density at radius 3 is 3.00 bits per heavy atom. The molecule has 1 fully saturated rings. The maximum absolute atomic E-state index is 11.6. The van der Waals surface area contributed by atoms with E-state index < -0.39 is 0 Å². The molecule has 0 bridgehead atoms. The highest BCUT2D eigenvalue weighted by molar-refractivity contribution is 5.69. The Labute approximate surface area is 140 Å². The van der Waals surface area contributed by atoms with Crippen molar-refractivity contribution >= 4 is 5.97 Å². The van der Waals surface area contributed by atoms with Gasteiger partial charge in [0.15, 0.2) is 0 Å². The Hall–Kier alpha value is -1.35. The fourth-order valence-corrected chi connectivity index (χ4v) is 2.72. The number of carbonyl (C=O) groups excluding carboxylic acids is 1. The van der Waals surface area contributed by atoms with Gasteiger partial charge in [-0.2, -0.15) is 0 Å². The molecule has 2 rings (SSSR count). The summed E-state index contributed by atoms with van der Waals surface area (Å²) in [6.07, 6.45) is 22.3. The molecule has 2 heterocycles. The van der Waals surface area contributed by atoms with Crippen LogP contribution >= 0.6 is 0 Å². The van der Waals surface area contributed by atoms with E-state index in [1.54, 1.807) is 0 Å². The minimum atomic E-state index is -0.147. The molecule has 0 amide bonds. The zero-order valence-electron chi connectivity index (χ0n) is 14.3. The van der Waals surface area contributed by atoms with Gasteiger partial charge in [-0.05, 0) is 38.2 Å². The molecule has 0 unspecified atom stereocenters. The van der Waals surface area contributed by atoms with Gasteiger partial charge in [-0.1, -0.05) is 50.1 Å². The molecule has 3 atom stereocenters. The third kappa shape index (κ3) is 7.65. The third-order valence-electron chi connectivity index (χ3n) is 4.22. The summed E-state index contributed by atoms with van der Waals surface area (Å²) in [6, 6.07) is 0. The lowest BCUT2D eigenvalue weighted by Crippen LogP contribution is -2.15. The first-order chi connectivity index (χ1) is 11.3. The van der Waals surface area contributed by atoms with Crippen LogP contribution in [-0.4, -0.2) is 24.3 Å². The molecule has 0 aromatic heterocycles. The third-order valence-corrected chi connectivity index (χ3v) is 4.22. The fraction of sp³-hybridized carbons (Fsp3) is 0.650. The van der Waals surface area contributed by atoms with Gasteiger partial charge in [0.05, 0.1) is 6.10 Å². The number of cyclic esters (lactones) is 1. The van der Waals surface area contributed by atoms with Gasteiger partial charge < -0.3 is 9.47 Å². The number of rotatable bonds is 8. The standard InChI is InChI=1S/C20H30O3/c1-2-3-4-5-6-10-13-18-19(23-18)16-15-17-12-9-7-8-11-14-20(21)22-17/h6-7,9-10,15-19H,2-5,8,11-14H2,1H3/b9-7-,10-6-,16-15?/t17-,18+,19-/m1/s1. The second-order valence-electron chi connectivity index (χ2n) is 6.35. The summed E-state index contributed by atoms with van der Waals surface area (Å²) in [5.41, 5.74) is 0. The van der Waals surface area contributed by atoms with E-state index in [2.05, 4.69) is 37.3 Å². The number of hydrogen-bond acceptors (Lipinski definition) is 3. The molecule has 3 heteroatoms. The van der Waals surface area contributed by atoms with Crippen LogP contribution in [0.4, 0.5) is 0 Å². The van der Waals surface area contributed by atoms with E-state index in [-0.39, 0.29) is 18.2 Å². The van der Waals surface area contributed by atoms with Crippen LogP contribution in [0.25, 0.3) is 0 Å². The van der Waals surface area contributed by atoms with Crippen molar-refractivity contribution in [2.75, 3.05) is 0 Å². The van der Waals surface area contributed by atoms with E-state index in [1.165, 1.54) is 25.7 Å². The number of esters is 1. The van der Waals surface area contributed by atoms with E-state index in [9.17, 15) is 4.79 Å². The molecule has 0 N–H and O–H groups in total. The van der Waals surface area contributed by atoms with Crippen LogP contribution in [0.1, 0.15) is 64.7 Å². The second-order valence-corrected chi connectivity index (χ2v) is 6.35. The van der Waals surface area contributed by atoms with Crippen molar-refractivity contribution in [3.8, 4) is 0 Å². The maximum atomic E-state index is 11.6. The van der Waals surface area contributed by atoms with Crippen molar-refractivity contribution in [2.24, 2.45) is 0 Å². The van der Waals surface area contributed by atoms with E-state index >= 15 is 0 Å². The Bertz CT molecular complexity index is 436. The molecule has 0 aromatic carbocycles. The average molecular weight is 318 g/mol. The van der Waals surface area contributed by atoms with E-state index in [4.69, 9.17) is 9.47 Å². The number of unbranched alkanes of at least 4 members (excludes halogenated alkanes) is 3. The van der Waals surface area contributed by atoms with Crippen molar-refractivity contribution in [2.45, 2.75) is 83.0 Å². The van der Waals surface area contributed by atoms with Crippen LogP contribution in [-0.2, 0) is 14.3 Å². The predicted octanol–water partition coefficient (Wildman–Crippen LogP) is 4.88. The van der Waals surface area contributed by atoms with E-state index in [1.807, 2.05) is 6.08 Å². The van der Waals surface area contributed by atoms with Crippen LogP contribution in [0.5, 0.6) is 0 Å². The van der Waals surface area contributed by atoms with Crippen molar-refractivity contribution < 1.29 is 14.3 Å². The Kier molecular flexibility index (Phi) is 8.16. The molecule has 128 valence electrons. The molecular formula is C20H30O3.